The number of anilines is 1. The Kier molecular flexibility index (Phi) is 5.28. The first-order chi connectivity index (χ1) is 14.5. The van der Waals surface area contributed by atoms with Crippen LogP contribution in [0.25, 0.3) is 5.52 Å². The number of likely N-dealkylation sites (tertiary alicyclic amines) is 1. The highest BCUT2D eigenvalue weighted by Crippen LogP contribution is 2.29. The first-order valence-corrected chi connectivity index (χ1v) is 10.1. The quantitative estimate of drug-likeness (QED) is 0.530. The van der Waals surface area contributed by atoms with Crippen LogP contribution in [-0.4, -0.2) is 38.3 Å². The van der Waals surface area contributed by atoms with E-state index in [0.29, 0.717) is 24.6 Å². The third-order valence-corrected chi connectivity index (χ3v) is 5.33. The van der Waals surface area contributed by atoms with Gasteiger partial charge in [-0.05, 0) is 62.4 Å². The number of allylic oxidation sites excluding steroid dienone is 1. The Labute approximate surface area is 176 Å². The molecule has 0 aliphatic carbocycles. The molecule has 1 fully saturated rings. The van der Waals surface area contributed by atoms with E-state index in [9.17, 15) is 4.79 Å². The standard InChI is InChI=1S/C24H25N5O/c1-4-5-21(30)28-10-8-19(15-28)24-27-20(22-23(25)26-9-11-29(22)24)7-6-18-13-16(2)12-17(3)14-18/h4-5,9,11-14,19H,8,10,15H2,1-3H3,(H2,25,26)/b5-4+/t19-/m1/s1. The van der Waals surface area contributed by atoms with Gasteiger partial charge < -0.3 is 10.6 Å². The van der Waals surface area contributed by atoms with Gasteiger partial charge in [-0.1, -0.05) is 18.1 Å². The Balaban J connectivity index is 1.73. The summed E-state index contributed by atoms with van der Waals surface area (Å²) in [6.45, 7) is 7.32. The SMILES string of the molecule is C/C=C/C(=O)N1CC[C@@H](c2nc(C#Cc3cc(C)cc(C)c3)c3c(N)nccn23)C1. The van der Waals surface area contributed by atoms with Crippen molar-refractivity contribution in [2.24, 2.45) is 0 Å². The largest absolute Gasteiger partial charge is 0.382 e. The fourth-order valence-electron chi connectivity index (χ4n) is 4.06. The molecule has 6 heteroatoms. The zero-order valence-corrected chi connectivity index (χ0v) is 17.5. The lowest BCUT2D eigenvalue weighted by atomic mass is 10.1. The van der Waals surface area contributed by atoms with Gasteiger partial charge in [0.2, 0.25) is 5.91 Å². The van der Waals surface area contributed by atoms with E-state index in [1.807, 2.05) is 22.4 Å². The number of aryl methyl sites for hydroxylation is 2. The molecular weight excluding hydrogens is 374 g/mol. The van der Waals surface area contributed by atoms with Gasteiger partial charge in [0.1, 0.15) is 17.0 Å². The van der Waals surface area contributed by atoms with Crippen molar-refractivity contribution in [1.82, 2.24) is 19.3 Å². The highest BCUT2D eigenvalue weighted by molar-refractivity contribution is 5.87. The summed E-state index contributed by atoms with van der Waals surface area (Å²) >= 11 is 0. The molecule has 30 heavy (non-hydrogen) atoms. The molecule has 1 saturated heterocycles. The number of nitrogen functional groups attached to an aromatic ring is 1. The minimum atomic E-state index is 0.0388. The highest BCUT2D eigenvalue weighted by Gasteiger charge is 2.30. The van der Waals surface area contributed by atoms with Gasteiger partial charge in [-0.2, -0.15) is 0 Å². The molecule has 4 rings (SSSR count). The van der Waals surface area contributed by atoms with E-state index in [0.717, 1.165) is 23.3 Å². The molecule has 0 spiro atoms. The third-order valence-electron chi connectivity index (χ3n) is 5.33. The number of carbonyl (C=O) groups excluding carboxylic acids is 1. The zero-order chi connectivity index (χ0) is 21.3. The summed E-state index contributed by atoms with van der Waals surface area (Å²) in [7, 11) is 0. The number of aromatic nitrogens is 3. The van der Waals surface area contributed by atoms with Crippen LogP contribution in [0.3, 0.4) is 0 Å². The van der Waals surface area contributed by atoms with E-state index >= 15 is 0 Å². The smallest absolute Gasteiger partial charge is 0.246 e. The predicted molar refractivity (Wildman–Crippen MR) is 118 cm³/mol. The average molecular weight is 399 g/mol. The van der Waals surface area contributed by atoms with Crippen molar-refractivity contribution >= 4 is 17.2 Å². The molecule has 6 nitrogen and oxygen atoms in total. The van der Waals surface area contributed by atoms with Crippen LogP contribution < -0.4 is 5.73 Å². The van der Waals surface area contributed by atoms with E-state index in [1.165, 1.54) is 11.1 Å². The minimum absolute atomic E-state index is 0.0388. The van der Waals surface area contributed by atoms with Gasteiger partial charge in [-0.3, -0.25) is 9.20 Å². The summed E-state index contributed by atoms with van der Waals surface area (Å²) in [6.07, 6.45) is 7.77. The first kappa shape index (κ1) is 19.7. The second-order valence-corrected chi connectivity index (χ2v) is 7.75. The molecule has 1 aliphatic rings. The van der Waals surface area contributed by atoms with Crippen molar-refractivity contribution in [3.8, 4) is 11.8 Å². The topological polar surface area (TPSA) is 76.5 Å². The Bertz CT molecular complexity index is 1190. The Morgan fingerprint density at radius 3 is 2.73 bits per heavy atom. The lowest BCUT2D eigenvalue weighted by molar-refractivity contribution is -0.125. The van der Waals surface area contributed by atoms with Crippen LogP contribution in [0.5, 0.6) is 0 Å². The van der Waals surface area contributed by atoms with Crippen molar-refractivity contribution in [1.29, 1.82) is 0 Å². The van der Waals surface area contributed by atoms with Gasteiger partial charge >= 0.3 is 0 Å². The van der Waals surface area contributed by atoms with Crippen molar-refractivity contribution in [3.05, 3.63) is 71.0 Å². The normalized spacial score (nSPS) is 16.2. The van der Waals surface area contributed by atoms with Gasteiger partial charge in [0.25, 0.3) is 0 Å². The molecule has 3 aromatic rings. The number of hydrogen-bond acceptors (Lipinski definition) is 4. The molecule has 1 atom stereocenters. The lowest BCUT2D eigenvalue weighted by Gasteiger charge is -2.14. The maximum Gasteiger partial charge on any atom is 0.246 e. The molecule has 1 amide bonds. The van der Waals surface area contributed by atoms with Gasteiger partial charge in [0.15, 0.2) is 5.82 Å². The van der Waals surface area contributed by atoms with Crippen molar-refractivity contribution < 1.29 is 4.79 Å². The van der Waals surface area contributed by atoms with Crippen molar-refractivity contribution in [3.63, 3.8) is 0 Å². The Hall–Kier alpha value is -3.59. The van der Waals surface area contributed by atoms with Crippen LogP contribution in [-0.2, 0) is 4.79 Å². The number of nitrogens with zero attached hydrogens (tertiary/aromatic N) is 4. The molecule has 0 unspecified atom stereocenters. The number of fused-ring (bicyclic) bond motifs is 1. The second-order valence-electron chi connectivity index (χ2n) is 7.75. The van der Waals surface area contributed by atoms with E-state index < -0.39 is 0 Å². The molecule has 1 aliphatic heterocycles. The monoisotopic (exact) mass is 399 g/mol. The summed E-state index contributed by atoms with van der Waals surface area (Å²) in [6, 6.07) is 6.24. The molecule has 3 heterocycles. The second kappa shape index (κ2) is 8.03. The maximum absolute atomic E-state index is 12.2. The molecule has 0 saturated carbocycles. The Morgan fingerprint density at radius 1 is 1.23 bits per heavy atom. The zero-order valence-electron chi connectivity index (χ0n) is 17.5. The molecule has 2 aromatic heterocycles. The fraction of sp³-hybridized carbons (Fsp3) is 0.292. The van der Waals surface area contributed by atoms with Gasteiger partial charge in [-0.15, -0.1) is 0 Å². The summed E-state index contributed by atoms with van der Waals surface area (Å²) in [5, 5.41) is 0. The van der Waals surface area contributed by atoms with Crippen LogP contribution in [0, 0.1) is 25.7 Å². The molecule has 2 N–H and O–H groups in total. The van der Waals surface area contributed by atoms with Crippen molar-refractivity contribution in [2.75, 3.05) is 18.8 Å². The number of amides is 1. The molecule has 0 bridgehead atoms. The molecule has 152 valence electrons. The van der Waals surface area contributed by atoms with E-state index in [1.54, 1.807) is 18.3 Å². The van der Waals surface area contributed by atoms with Crippen LogP contribution in [0.4, 0.5) is 5.82 Å². The van der Waals surface area contributed by atoms with Crippen LogP contribution in [0.15, 0.2) is 42.7 Å². The third kappa shape index (κ3) is 3.79. The minimum Gasteiger partial charge on any atom is -0.382 e. The number of rotatable bonds is 2. The first-order valence-electron chi connectivity index (χ1n) is 10.1. The summed E-state index contributed by atoms with van der Waals surface area (Å²) in [5.74, 6) is 7.88. The molecule has 1 aromatic carbocycles. The van der Waals surface area contributed by atoms with Crippen LogP contribution >= 0.6 is 0 Å². The number of carbonyl (C=O) groups is 1. The summed E-state index contributed by atoms with van der Waals surface area (Å²) in [4.78, 5) is 23.2. The van der Waals surface area contributed by atoms with E-state index in [-0.39, 0.29) is 11.8 Å². The average Bonchev–Trinajstić information content (AvgIpc) is 3.31. The number of benzene rings is 1. The number of imidazole rings is 1. The van der Waals surface area contributed by atoms with E-state index in [4.69, 9.17) is 10.7 Å². The number of hydrogen-bond donors (Lipinski definition) is 1. The predicted octanol–water partition coefficient (Wildman–Crippen LogP) is 3.22. The molecular formula is C24H25N5O. The van der Waals surface area contributed by atoms with Gasteiger partial charge in [-0.25, -0.2) is 9.97 Å². The Morgan fingerprint density at radius 2 is 2.00 bits per heavy atom. The lowest BCUT2D eigenvalue weighted by Crippen LogP contribution is -2.26. The highest BCUT2D eigenvalue weighted by atomic mass is 16.2. The van der Waals surface area contributed by atoms with Gasteiger partial charge in [0, 0.05) is 37.0 Å². The number of nitrogens with two attached hydrogens (primary N) is 1. The van der Waals surface area contributed by atoms with Gasteiger partial charge in [0.05, 0.1) is 0 Å². The molecule has 0 radical (unpaired) electrons. The van der Waals surface area contributed by atoms with Crippen LogP contribution in [0.1, 0.15) is 47.5 Å². The van der Waals surface area contributed by atoms with Crippen LogP contribution in [0.2, 0.25) is 0 Å². The van der Waals surface area contributed by atoms with E-state index in [2.05, 4.69) is 48.9 Å². The summed E-state index contributed by atoms with van der Waals surface area (Å²) in [5.41, 5.74) is 10.8. The fourth-order valence-corrected chi connectivity index (χ4v) is 4.06. The summed E-state index contributed by atoms with van der Waals surface area (Å²) < 4.78 is 1.97. The van der Waals surface area contributed by atoms with Crippen molar-refractivity contribution in [2.45, 2.75) is 33.1 Å². The maximum atomic E-state index is 12.2.